The Morgan fingerprint density at radius 3 is 2.71 bits per heavy atom. The number of thioether (sulfide) groups is 1. The standard InChI is InChI=1S/C17H12FN5S/c18-14-3-1-2-12(10-14)11-24-16-5-4-15-20-21-17(23(15)22-16)13-6-8-19-9-7-13/h1-10H,11H2. The van der Waals surface area contributed by atoms with Crippen LogP contribution in [0.25, 0.3) is 17.0 Å². The summed E-state index contributed by atoms with van der Waals surface area (Å²) < 4.78 is 15.0. The van der Waals surface area contributed by atoms with Crippen molar-refractivity contribution in [2.24, 2.45) is 0 Å². The Morgan fingerprint density at radius 1 is 1.00 bits per heavy atom. The van der Waals surface area contributed by atoms with Crippen LogP contribution in [-0.2, 0) is 5.75 Å². The summed E-state index contributed by atoms with van der Waals surface area (Å²) in [5, 5.41) is 13.7. The van der Waals surface area contributed by atoms with Gasteiger partial charge in [-0.25, -0.2) is 4.39 Å². The van der Waals surface area contributed by atoms with Crippen molar-refractivity contribution >= 4 is 17.4 Å². The van der Waals surface area contributed by atoms with E-state index in [0.717, 1.165) is 16.2 Å². The number of aromatic nitrogens is 5. The molecule has 5 nitrogen and oxygen atoms in total. The third-order valence-electron chi connectivity index (χ3n) is 3.45. The van der Waals surface area contributed by atoms with Gasteiger partial charge < -0.3 is 0 Å². The van der Waals surface area contributed by atoms with Gasteiger partial charge in [0.25, 0.3) is 0 Å². The van der Waals surface area contributed by atoms with E-state index in [1.807, 2.05) is 30.3 Å². The maximum absolute atomic E-state index is 13.2. The molecular weight excluding hydrogens is 325 g/mol. The van der Waals surface area contributed by atoms with Gasteiger partial charge in [-0.1, -0.05) is 23.9 Å². The van der Waals surface area contributed by atoms with Crippen LogP contribution < -0.4 is 0 Å². The summed E-state index contributed by atoms with van der Waals surface area (Å²) in [4.78, 5) is 4.01. The van der Waals surface area contributed by atoms with Crippen molar-refractivity contribution in [1.29, 1.82) is 0 Å². The molecule has 0 unspecified atom stereocenters. The fourth-order valence-electron chi connectivity index (χ4n) is 2.31. The lowest BCUT2D eigenvalue weighted by Gasteiger charge is -2.03. The van der Waals surface area contributed by atoms with E-state index in [9.17, 15) is 4.39 Å². The first-order valence-electron chi connectivity index (χ1n) is 7.30. The Labute approximate surface area is 141 Å². The highest BCUT2D eigenvalue weighted by Gasteiger charge is 2.10. The highest BCUT2D eigenvalue weighted by atomic mass is 32.2. The average molecular weight is 337 g/mol. The summed E-state index contributed by atoms with van der Waals surface area (Å²) in [5.41, 5.74) is 2.49. The van der Waals surface area contributed by atoms with Crippen molar-refractivity contribution in [3.05, 3.63) is 72.3 Å². The molecule has 24 heavy (non-hydrogen) atoms. The van der Waals surface area contributed by atoms with Crippen LogP contribution in [0.2, 0.25) is 0 Å². The third kappa shape index (κ3) is 2.98. The lowest BCUT2D eigenvalue weighted by atomic mass is 10.2. The molecule has 1 aromatic carbocycles. The predicted molar refractivity (Wildman–Crippen MR) is 90.0 cm³/mol. The molecule has 7 heteroatoms. The molecule has 0 N–H and O–H groups in total. The van der Waals surface area contributed by atoms with Crippen molar-refractivity contribution in [1.82, 2.24) is 24.8 Å². The number of pyridine rings is 1. The predicted octanol–water partition coefficient (Wildman–Crippen LogP) is 3.62. The second-order valence-corrected chi connectivity index (χ2v) is 6.12. The molecule has 0 saturated carbocycles. The van der Waals surface area contributed by atoms with E-state index in [2.05, 4.69) is 20.3 Å². The number of benzene rings is 1. The van der Waals surface area contributed by atoms with Gasteiger partial charge in [0, 0.05) is 23.7 Å². The van der Waals surface area contributed by atoms with Crippen molar-refractivity contribution < 1.29 is 4.39 Å². The fraction of sp³-hybridized carbons (Fsp3) is 0.0588. The highest BCUT2D eigenvalue weighted by molar-refractivity contribution is 7.98. The Hall–Kier alpha value is -2.80. The van der Waals surface area contributed by atoms with Crippen LogP contribution >= 0.6 is 11.8 Å². The van der Waals surface area contributed by atoms with E-state index >= 15 is 0 Å². The van der Waals surface area contributed by atoms with Gasteiger partial charge in [0.15, 0.2) is 11.5 Å². The maximum atomic E-state index is 13.2. The Bertz CT molecular complexity index is 987. The van der Waals surface area contributed by atoms with E-state index in [-0.39, 0.29) is 5.82 Å². The van der Waals surface area contributed by atoms with Gasteiger partial charge in [0.1, 0.15) is 10.8 Å². The van der Waals surface area contributed by atoms with Crippen LogP contribution in [0.4, 0.5) is 4.39 Å². The van der Waals surface area contributed by atoms with E-state index in [4.69, 9.17) is 0 Å². The number of halogens is 1. The molecule has 0 atom stereocenters. The molecule has 118 valence electrons. The van der Waals surface area contributed by atoms with Gasteiger partial charge in [-0.05, 0) is 42.0 Å². The minimum Gasteiger partial charge on any atom is -0.265 e. The first kappa shape index (κ1) is 14.8. The van der Waals surface area contributed by atoms with Crippen LogP contribution in [0.5, 0.6) is 0 Å². The van der Waals surface area contributed by atoms with E-state index in [1.165, 1.54) is 23.9 Å². The molecule has 3 aromatic heterocycles. The Balaban J connectivity index is 1.63. The second kappa shape index (κ2) is 6.37. The Kier molecular flexibility index (Phi) is 3.92. The molecule has 0 aliphatic rings. The van der Waals surface area contributed by atoms with Crippen LogP contribution in [-0.4, -0.2) is 24.8 Å². The van der Waals surface area contributed by atoms with Gasteiger partial charge in [0.2, 0.25) is 0 Å². The molecule has 0 radical (unpaired) electrons. The molecule has 4 aromatic rings. The zero-order valence-electron chi connectivity index (χ0n) is 12.5. The quantitative estimate of drug-likeness (QED) is 0.532. The highest BCUT2D eigenvalue weighted by Crippen LogP contribution is 2.23. The topological polar surface area (TPSA) is 56.0 Å². The third-order valence-corrected chi connectivity index (χ3v) is 4.44. The van der Waals surface area contributed by atoms with Crippen molar-refractivity contribution in [3.8, 4) is 11.4 Å². The summed E-state index contributed by atoms with van der Waals surface area (Å²) in [6.07, 6.45) is 3.41. The summed E-state index contributed by atoms with van der Waals surface area (Å²) in [6.45, 7) is 0. The molecule has 0 bridgehead atoms. The van der Waals surface area contributed by atoms with Crippen LogP contribution in [0.3, 0.4) is 0 Å². The number of nitrogens with zero attached hydrogens (tertiary/aromatic N) is 5. The lowest BCUT2D eigenvalue weighted by Crippen LogP contribution is -1.96. The molecule has 4 rings (SSSR count). The number of hydrogen-bond acceptors (Lipinski definition) is 5. The molecular formula is C17H12FN5S. The van der Waals surface area contributed by atoms with Crippen LogP contribution in [0.1, 0.15) is 5.56 Å². The van der Waals surface area contributed by atoms with Crippen LogP contribution in [0.15, 0.2) is 66.0 Å². The maximum Gasteiger partial charge on any atom is 0.185 e. The van der Waals surface area contributed by atoms with Crippen LogP contribution in [0, 0.1) is 5.82 Å². The molecule has 0 spiro atoms. The zero-order valence-corrected chi connectivity index (χ0v) is 13.3. The second-order valence-electron chi connectivity index (χ2n) is 5.12. The lowest BCUT2D eigenvalue weighted by molar-refractivity contribution is 0.626. The monoisotopic (exact) mass is 337 g/mol. The number of hydrogen-bond donors (Lipinski definition) is 0. The minimum absolute atomic E-state index is 0.227. The number of fused-ring (bicyclic) bond motifs is 1. The van der Waals surface area contributed by atoms with Crippen molar-refractivity contribution in [2.45, 2.75) is 10.8 Å². The zero-order chi connectivity index (χ0) is 16.4. The smallest absolute Gasteiger partial charge is 0.185 e. The largest absolute Gasteiger partial charge is 0.265 e. The number of rotatable bonds is 4. The summed E-state index contributed by atoms with van der Waals surface area (Å²) in [7, 11) is 0. The van der Waals surface area contributed by atoms with Crippen molar-refractivity contribution in [2.75, 3.05) is 0 Å². The molecule has 0 aliphatic heterocycles. The molecule has 0 aliphatic carbocycles. The first-order valence-corrected chi connectivity index (χ1v) is 8.28. The molecule has 3 heterocycles. The van der Waals surface area contributed by atoms with Gasteiger partial charge >= 0.3 is 0 Å². The molecule has 0 amide bonds. The van der Waals surface area contributed by atoms with Crippen molar-refractivity contribution in [3.63, 3.8) is 0 Å². The summed E-state index contributed by atoms with van der Waals surface area (Å²) in [6, 6.07) is 14.1. The Morgan fingerprint density at radius 2 is 1.88 bits per heavy atom. The normalized spacial score (nSPS) is 11.0. The van der Waals surface area contributed by atoms with E-state index < -0.39 is 0 Å². The minimum atomic E-state index is -0.227. The average Bonchev–Trinajstić information content (AvgIpc) is 3.04. The molecule has 0 saturated heterocycles. The van der Waals surface area contributed by atoms with Gasteiger partial charge in [-0.15, -0.1) is 10.2 Å². The van der Waals surface area contributed by atoms with Gasteiger partial charge in [-0.3, -0.25) is 4.98 Å². The summed E-state index contributed by atoms with van der Waals surface area (Å²) in [5.74, 6) is 1.08. The van der Waals surface area contributed by atoms with Gasteiger partial charge in [-0.2, -0.15) is 9.61 Å². The van der Waals surface area contributed by atoms with Gasteiger partial charge in [0.05, 0.1) is 0 Å². The van der Waals surface area contributed by atoms with E-state index in [1.54, 1.807) is 23.0 Å². The molecule has 0 fully saturated rings. The van der Waals surface area contributed by atoms with E-state index in [0.29, 0.717) is 17.2 Å². The fourth-order valence-corrected chi connectivity index (χ4v) is 3.11. The summed E-state index contributed by atoms with van der Waals surface area (Å²) >= 11 is 1.54. The SMILES string of the molecule is Fc1cccc(CSc2ccc3nnc(-c4ccncc4)n3n2)c1. The first-order chi connectivity index (χ1) is 11.8.